The summed E-state index contributed by atoms with van der Waals surface area (Å²) in [5, 5.41) is 2.61. The highest BCUT2D eigenvalue weighted by molar-refractivity contribution is 5.98. The number of halogens is 1. The second-order valence-electron chi connectivity index (χ2n) is 5.70. The number of amides is 1. The molecule has 0 aliphatic rings. The molecule has 2 aromatic rings. The van der Waals surface area contributed by atoms with Gasteiger partial charge in [-0.1, -0.05) is 30.3 Å². The van der Waals surface area contributed by atoms with E-state index in [1.54, 1.807) is 0 Å². The Labute approximate surface area is 156 Å². The Morgan fingerprint density at radius 2 is 1.81 bits per heavy atom. The van der Waals surface area contributed by atoms with Gasteiger partial charge in [0.15, 0.2) is 24.0 Å². The van der Waals surface area contributed by atoms with Gasteiger partial charge in [0.25, 0.3) is 0 Å². The van der Waals surface area contributed by atoms with Crippen molar-refractivity contribution in [3.05, 3.63) is 65.5 Å². The highest BCUT2D eigenvalue weighted by atomic mass is 19.1. The van der Waals surface area contributed by atoms with Gasteiger partial charge in [-0.3, -0.25) is 14.4 Å². The second kappa shape index (κ2) is 10.1. The SMILES string of the molecule is COc1ccc(C(=O)COC(=O)CCNC(=O)Cc2ccccc2)cc1F. The zero-order chi connectivity index (χ0) is 19.6. The summed E-state index contributed by atoms with van der Waals surface area (Å²) in [4.78, 5) is 35.4. The maximum Gasteiger partial charge on any atom is 0.308 e. The number of hydrogen-bond donors (Lipinski definition) is 1. The Morgan fingerprint density at radius 1 is 1.07 bits per heavy atom. The number of methoxy groups -OCH3 is 1. The van der Waals surface area contributed by atoms with E-state index in [4.69, 9.17) is 9.47 Å². The number of carbonyl (C=O) groups excluding carboxylic acids is 3. The third-order valence-electron chi connectivity index (χ3n) is 3.70. The van der Waals surface area contributed by atoms with Gasteiger partial charge < -0.3 is 14.8 Å². The van der Waals surface area contributed by atoms with Crippen molar-refractivity contribution in [2.24, 2.45) is 0 Å². The van der Waals surface area contributed by atoms with Crippen LogP contribution in [0.15, 0.2) is 48.5 Å². The minimum Gasteiger partial charge on any atom is -0.494 e. The number of carbonyl (C=O) groups is 3. The van der Waals surface area contributed by atoms with Crippen molar-refractivity contribution < 1.29 is 28.2 Å². The van der Waals surface area contributed by atoms with E-state index >= 15 is 0 Å². The number of benzene rings is 2. The quantitative estimate of drug-likeness (QED) is 0.539. The lowest BCUT2D eigenvalue weighted by Gasteiger charge is -2.07. The van der Waals surface area contributed by atoms with Crippen LogP contribution in [-0.4, -0.2) is 37.9 Å². The molecule has 1 amide bonds. The Hall–Kier alpha value is -3.22. The fourth-order valence-electron chi connectivity index (χ4n) is 2.29. The molecule has 1 N–H and O–H groups in total. The van der Waals surface area contributed by atoms with E-state index in [9.17, 15) is 18.8 Å². The topological polar surface area (TPSA) is 81.7 Å². The first-order chi connectivity index (χ1) is 13.0. The molecule has 7 heteroatoms. The minimum atomic E-state index is -0.671. The van der Waals surface area contributed by atoms with Crippen molar-refractivity contribution in [3.8, 4) is 5.75 Å². The Kier molecular flexibility index (Phi) is 7.49. The average Bonchev–Trinajstić information content (AvgIpc) is 2.66. The summed E-state index contributed by atoms with van der Waals surface area (Å²) in [7, 11) is 1.32. The molecule has 0 aromatic heterocycles. The maximum atomic E-state index is 13.6. The normalized spacial score (nSPS) is 10.1. The van der Waals surface area contributed by atoms with Crippen LogP contribution in [0.3, 0.4) is 0 Å². The highest BCUT2D eigenvalue weighted by Crippen LogP contribution is 2.18. The van der Waals surface area contributed by atoms with Gasteiger partial charge in [-0.25, -0.2) is 4.39 Å². The van der Waals surface area contributed by atoms with E-state index in [-0.39, 0.29) is 36.6 Å². The Balaban J connectivity index is 1.69. The molecule has 0 radical (unpaired) electrons. The van der Waals surface area contributed by atoms with Crippen molar-refractivity contribution in [3.63, 3.8) is 0 Å². The van der Waals surface area contributed by atoms with Gasteiger partial charge >= 0.3 is 5.97 Å². The summed E-state index contributed by atoms with van der Waals surface area (Å²) in [6, 6.07) is 13.0. The number of esters is 1. The van der Waals surface area contributed by atoms with Crippen LogP contribution in [0, 0.1) is 5.82 Å². The number of Topliss-reactive ketones (excluding diaryl/α,β-unsaturated/α-hetero) is 1. The predicted octanol–water partition coefficient (Wildman–Crippen LogP) is 2.31. The summed E-state index contributed by atoms with van der Waals surface area (Å²) >= 11 is 0. The van der Waals surface area contributed by atoms with E-state index in [0.29, 0.717) is 0 Å². The summed E-state index contributed by atoms with van der Waals surface area (Å²) in [5.41, 5.74) is 0.951. The van der Waals surface area contributed by atoms with Crippen molar-refractivity contribution in [2.75, 3.05) is 20.3 Å². The maximum absolute atomic E-state index is 13.6. The molecule has 142 valence electrons. The predicted molar refractivity (Wildman–Crippen MR) is 96.0 cm³/mol. The van der Waals surface area contributed by atoms with E-state index < -0.39 is 24.2 Å². The number of hydrogen-bond acceptors (Lipinski definition) is 5. The molecule has 6 nitrogen and oxygen atoms in total. The molecule has 0 aliphatic carbocycles. The summed E-state index contributed by atoms with van der Waals surface area (Å²) in [6.07, 6.45) is 0.155. The van der Waals surface area contributed by atoms with Crippen LogP contribution in [0.25, 0.3) is 0 Å². The lowest BCUT2D eigenvalue weighted by Crippen LogP contribution is -2.28. The Bertz CT molecular complexity index is 807. The van der Waals surface area contributed by atoms with Crippen LogP contribution in [0.4, 0.5) is 4.39 Å². The Morgan fingerprint density at radius 3 is 2.48 bits per heavy atom. The van der Waals surface area contributed by atoms with Crippen molar-refractivity contribution in [1.29, 1.82) is 0 Å². The third-order valence-corrected chi connectivity index (χ3v) is 3.70. The lowest BCUT2D eigenvalue weighted by molar-refractivity contribution is -0.142. The minimum absolute atomic E-state index is 0.0230. The fourth-order valence-corrected chi connectivity index (χ4v) is 2.29. The molecule has 0 saturated carbocycles. The monoisotopic (exact) mass is 373 g/mol. The molecule has 2 rings (SSSR count). The summed E-state index contributed by atoms with van der Waals surface area (Å²) < 4.78 is 23.2. The largest absolute Gasteiger partial charge is 0.494 e. The van der Waals surface area contributed by atoms with Gasteiger partial charge in [0, 0.05) is 12.1 Å². The number of ketones is 1. The standard InChI is InChI=1S/C20H20FNO5/c1-26-18-8-7-15(12-16(18)21)17(23)13-27-20(25)9-10-22-19(24)11-14-5-3-2-4-6-14/h2-8,12H,9-11,13H2,1H3,(H,22,24). The van der Waals surface area contributed by atoms with Crippen LogP contribution in [-0.2, 0) is 20.7 Å². The molecule has 27 heavy (non-hydrogen) atoms. The molecule has 0 bridgehead atoms. The van der Waals surface area contributed by atoms with Crippen LogP contribution in [0.5, 0.6) is 5.75 Å². The number of ether oxygens (including phenoxy) is 2. The molecule has 0 spiro atoms. The smallest absolute Gasteiger partial charge is 0.308 e. The van der Waals surface area contributed by atoms with Crippen LogP contribution in [0.1, 0.15) is 22.3 Å². The van der Waals surface area contributed by atoms with Gasteiger partial charge in [0.2, 0.25) is 5.91 Å². The van der Waals surface area contributed by atoms with Crippen LogP contribution in [0.2, 0.25) is 0 Å². The molecular weight excluding hydrogens is 353 g/mol. The molecule has 2 aromatic carbocycles. The van der Waals surface area contributed by atoms with E-state index in [2.05, 4.69) is 5.32 Å². The van der Waals surface area contributed by atoms with E-state index in [1.165, 1.54) is 19.2 Å². The second-order valence-corrected chi connectivity index (χ2v) is 5.70. The van der Waals surface area contributed by atoms with Crippen LogP contribution >= 0.6 is 0 Å². The number of rotatable bonds is 9. The zero-order valence-electron chi connectivity index (χ0n) is 14.9. The molecule has 0 heterocycles. The first kappa shape index (κ1) is 20.1. The molecule has 0 aliphatic heterocycles. The molecule has 0 saturated heterocycles. The lowest BCUT2D eigenvalue weighted by atomic mass is 10.1. The zero-order valence-corrected chi connectivity index (χ0v) is 14.9. The average molecular weight is 373 g/mol. The fraction of sp³-hybridized carbons (Fsp3) is 0.250. The molecular formula is C20H20FNO5. The van der Waals surface area contributed by atoms with Gasteiger partial charge in [-0.2, -0.15) is 0 Å². The molecule has 0 atom stereocenters. The van der Waals surface area contributed by atoms with Crippen molar-refractivity contribution in [1.82, 2.24) is 5.32 Å². The molecule has 0 unspecified atom stereocenters. The summed E-state index contributed by atoms with van der Waals surface area (Å²) in [6.45, 7) is -0.390. The third kappa shape index (κ3) is 6.54. The molecule has 0 fully saturated rings. The van der Waals surface area contributed by atoms with Crippen molar-refractivity contribution in [2.45, 2.75) is 12.8 Å². The van der Waals surface area contributed by atoms with Gasteiger partial charge in [0.05, 0.1) is 20.0 Å². The van der Waals surface area contributed by atoms with Gasteiger partial charge in [0.1, 0.15) is 0 Å². The van der Waals surface area contributed by atoms with Crippen molar-refractivity contribution >= 4 is 17.7 Å². The summed E-state index contributed by atoms with van der Waals surface area (Å²) in [5.74, 6) is -2.01. The van der Waals surface area contributed by atoms with Gasteiger partial charge in [-0.15, -0.1) is 0 Å². The van der Waals surface area contributed by atoms with E-state index in [1.807, 2.05) is 30.3 Å². The first-order valence-electron chi connectivity index (χ1n) is 8.32. The van der Waals surface area contributed by atoms with E-state index in [0.717, 1.165) is 11.6 Å². The number of nitrogens with one attached hydrogen (secondary N) is 1. The highest BCUT2D eigenvalue weighted by Gasteiger charge is 2.13. The van der Waals surface area contributed by atoms with Gasteiger partial charge in [-0.05, 0) is 23.8 Å². The van der Waals surface area contributed by atoms with Crippen LogP contribution < -0.4 is 10.1 Å². The first-order valence-corrected chi connectivity index (χ1v) is 8.32.